The van der Waals surface area contributed by atoms with E-state index in [4.69, 9.17) is 4.74 Å². The van der Waals surface area contributed by atoms with Crippen LogP contribution in [-0.4, -0.2) is 16.4 Å². The first-order valence-electron chi connectivity index (χ1n) is 10.7. The topological polar surface area (TPSA) is 48.3 Å². The first kappa shape index (κ1) is 20.2. The summed E-state index contributed by atoms with van der Waals surface area (Å²) in [6.07, 6.45) is 1.56. The number of halogens is 1. The Hall–Kier alpha value is -3.73. The average molecular weight is 427 g/mol. The molecule has 5 heteroatoms. The lowest BCUT2D eigenvalue weighted by atomic mass is 9.86. The van der Waals surface area contributed by atoms with Crippen molar-refractivity contribution in [2.24, 2.45) is 5.92 Å². The van der Waals surface area contributed by atoms with E-state index >= 15 is 0 Å². The summed E-state index contributed by atoms with van der Waals surface area (Å²) in [5, 5.41) is 0.685. The molecule has 0 amide bonds. The third-order valence-electron chi connectivity index (χ3n) is 6.10. The Kier molecular flexibility index (Phi) is 5.31. The van der Waals surface area contributed by atoms with E-state index in [0.717, 1.165) is 16.8 Å². The molecule has 4 aromatic rings. The van der Waals surface area contributed by atoms with Gasteiger partial charge in [0.2, 0.25) is 0 Å². The zero-order valence-corrected chi connectivity index (χ0v) is 17.5. The molecule has 1 aliphatic carbocycles. The third kappa shape index (κ3) is 3.71. The van der Waals surface area contributed by atoms with Crippen LogP contribution in [0.15, 0.2) is 78.9 Å². The Morgan fingerprint density at radius 2 is 1.69 bits per heavy atom. The van der Waals surface area contributed by atoms with Gasteiger partial charge in [-0.1, -0.05) is 48.5 Å². The van der Waals surface area contributed by atoms with Crippen LogP contribution in [0.1, 0.15) is 33.6 Å². The smallest absolute Gasteiger partial charge is 0.309 e. The molecule has 1 aromatic heterocycles. The van der Waals surface area contributed by atoms with Crippen molar-refractivity contribution in [1.82, 2.24) is 4.57 Å². The number of carbonyl (C=O) groups excluding carboxylic acids is 2. The van der Waals surface area contributed by atoms with Crippen molar-refractivity contribution in [3.63, 3.8) is 0 Å². The fourth-order valence-electron chi connectivity index (χ4n) is 4.52. The fraction of sp³-hybridized carbons (Fsp3) is 0.185. The zero-order chi connectivity index (χ0) is 22.1. The van der Waals surface area contributed by atoms with Gasteiger partial charge in [-0.25, -0.2) is 4.39 Å². The molecule has 0 N–H and O–H groups in total. The highest BCUT2D eigenvalue weighted by Gasteiger charge is 2.32. The number of carbonyl (C=O) groups is 2. The van der Waals surface area contributed by atoms with Crippen LogP contribution in [0.5, 0.6) is 0 Å². The summed E-state index contributed by atoms with van der Waals surface area (Å²) in [7, 11) is 0. The highest BCUT2D eigenvalue weighted by Crippen LogP contribution is 2.36. The van der Waals surface area contributed by atoms with Gasteiger partial charge in [0.1, 0.15) is 12.4 Å². The quantitative estimate of drug-likeness (QED) is 0.414. The number of rotatable bonds is 4. The van der Waals surface area contributed by atoms with Gasteiger partial charge in [-0.3, -0.25) is 14.2 Å². The van der Waals surface area contributed by atoms with Crippen molar-refractivity contribution in [3.8, 4) is 0 Å². The van der Waals surface area contributed by atoms with E-state index in [1.54, 1.807) is 22.8 Å². The standard InChI is InChI=1S/C27H22FNO3/c28-21-12-14-25-23(16-21)22-15-20(27(31)32-17-18-7-3-1-4-8-18)11-13-24(22)29(25)26(30)19-9-5-2-6-10-19/h1-10,12,14,16,20H,11,13,15,17H2. The maximum Gasteiger partial charge on any atom is 0.309 e. The molecule has 0 spiro atoms. The lowest BCUT2D eigenvalue weighted by Gasteiger charge is -2.22. The fourth-order valence-corrected chi connectivity index (χ4v) is 4.52. The molecule has 1 heterocycles. The van der Waals surface area contributed by atoms with Gasteiger partial charge >= 0.3 is 5.97 Å². The molecule has 0 bridgehead atoms. The Morgan fingerprint density at radius 3 is 2.44 bits per heavy atom. The van der Waals surface area contributed by atoms with Gasteiger partial charge in [0.15, 0.2) is 0 Å². The van der Waals surface area contributed by atoms with Crippen molar-refractivity contribution in [1.29, 1.82) is 0 Å². The zero-order valence-electron chi connectivity index (χ0n) is 17.5. The number of hydrogen-bond donors (Lipinski definition) is 0. The lowest BCUT2D eigenvalue weighted by molar-refractivity contribution is -0.150. The summed E-state index contributed by atoms with van der Waals surface area (Å²) in [6, 6.07) is 23.1. The lowest BCUT2D eigenvalue weighted by Crippen LogP contribution is -2.26. The molecule has 0 saturated carbocycles. The maximum absolute atomic E-state index is 14.1. The van der Waals surface area contributed by atoms with Crippen molar-refractivity contribution in [2.75, 3.05) is 0 Å². The minimum atomic E-state index is -0.363. The molecule has 32 heavy (non-hydrogen) atoms. The number of benzene rings is 3. The van der Waals surface area contributed by atoms with Crippen LogP contribution in [0.2, 0.25) is 0 Å². The summed E-state index contributed by atoms with van der Waals surface area (Å²) >= 11 is 0. The summed E-state index contributed by atoms with van der Waals surface area (Å²) in [4.78, 5) is 26.1. The molecule has 160 valence electrons. The third-order valence-corrected chi connectivity index (χ3v) is 6.10. The molecular formula is C27H22FNO3. The largest absolute Gasteiger partial charge is 0.461 e. The molecular weight excluding hydrogens is 405 g/mol. The van der Waals surface area contributed by atoms with Crippen LogP contribution in [-0.2, 0) is 29.0 Å². The Bertz CT molecular complexity index is 1290. The molecule has 1 unspecified atom stereocenters. The number of ether oxygens (including phenoxy) is 1. The van der Waals surface area contributed by atoms with Crippen molar-refractivity contribution in [3.05, 3.63) is 107 Å². The Balaban J connectivity index is 1.47. The number of hydrogen-bond acceptors (Lipinski definition) is 3. The van der Waals surface area contributed by atoms with E-state index in [0.29, 0.717) is 35.7 Å². The minimum Gasteiger partial charge on any atom is -0.461 e. The van der Waals surface area contributed by atoms with E-state index in [1.165, 1.54) is 12.1 Å². The van der Waals surface area contributed by atoms with Gasteiger partial charge in [-0.2, -0.15) is 0 Å². The van der Waals surface area contributed by atoms with Gasteiger partial charge in [0, 0.05) is 16.6 Å². The molecule has 4 nitrogen and oxygen atoms in total. The normalized spacial score (nSPS) is 15.3. The monoisotopic (exact) mass is 427 g/mol. The van der Waals surface area contributed by atoms with Gasteiger partial charge in [-0.05, 0) is 60.7 Å². The van der Waals surface area contributed by atoms with Gasteiger partial charge < -0.3 is 4.74 Å². The number of nitrogens with zero attached hydrogens (tertiary/aromatic N) is 1. The first-order chi connectivity index (χ1) is 15.6. The Morgan fingerprint density at radius 1 is 0.969 bits per heavy atom. The maximum atomic E-state index is 14.1. The van der Waals surface area contributed by atoms with E-state index < -0.39 is 0 Å². The molecule has 0 radical (unpaired) electrons. The van der Waals surface area contributed by atoms with E-state index in [1.807, 2.05) is 48.5 Å². The minimum absolute atomic E-state index is 0.145. The van der Waals surface area contributed by atoms with Crippen LogP contribution in [0.4, 0.5) is 4.39 Å². The second kappa shape index (κ2) is 8.42. The average Bonchev–Trinajstić information content (AvgIpc) is 3.16. The molecule has 0 aliphatic heterocycles. The summed E-state index contributed by atoms with van der Waals surface area (Å²) in [6.45, 7) is 0.228. The summed E-state index contributed by atoms with van der Waals surface area (Å²) < 4.78 is 21.4. The number of esters is 1. The van der Waals surface area contributed by atoms with Gasteiger partial charge in [0.25, 0.3) is 5.91 Å². The molecule has 0 saturated heterocycles. The summed E-state index contributed by atoms with van der Waals surface area (Å²) in [5.74, 6) is -1.08. The second-order valence-electron chi connectivity index (χ2n) is 8.13. The predicted octanol–water partition coefficient (Wildman–Crippen LogP) is 5.32. The molecule has 3 aromatic carbocycles. The Labute approximate surface area is 185 Å². The van der Waals surface area contributed by atoms with Crippen LogP contribution >= 0.6 is 0 Å². The van der Waals surface area contributed by atoms with Crippen LogP contribution in [0, 0.1) is 11.7 Å². The predicted molar refractivity (Wildman–Crippen MR) is 120 cm³/mol. The van der Waals surface area contributed by atoms with Crippen molar-refractivity contribution < 1.29 is 18.7 Å². The molecule has 1 aliphatic rings. The van der Waals surface area contributed by atoms with Crippen molar-refractivity contribution >= 4 is 22.8 Å². The van der Waals surface area contributed by atoms with Crippen molar-refractivity contribution in [2.45, 2.75) is 25.9 Å². The first-order valence-corrected chi connectivity index (χ1v) is 10.7. The van der Waals surface area contributed by atoms with Crippen LogP contribution < -0.4 is 0 Å². The van der Waals surface area contributed by atoms with E-state index in [-0.39, 0.29) is 30.2 Å². The van der Waals surface area contributed by atoms with E-state index in [9.17, 15) is 14.0 Å². The molecule has 5 rings (SSSR count). The van der Waals surface area contributed by atoms with Crippen LogP contribution in [0.25, 0.3) is 10.9 Å². The highest BCUT2D eigenvalue weighted by molar-refractivity contribution is 6.04. The molecule has 0 fully saturated rings. The number of aromatic nitrogens is 1. The molecule has 1 atom stereocenters. The van der Waals surface area contributed by atoms with Gasteiger partial charge in [-0.15, -0.1) is 0 Å². The second-order valence-corrected chi connectivity index (χ2v) is 8.13. The van der Waals surface area contributed by atoms with E-state index in [2.05, 4.69) is 0 Å². The van der Waals surface area contributed by atoms with Gasteiger partial charge in [0.05, 0.1) is 11.4 Å². The number of fused-ring (bicyclic) bond motifs is 3. The highest BCUT2D eigenvalue weighted by atomic mass is 19.1. The SMILES string of the molecule is O=C(OCc1ccccc1)C1CCc2c(c3cc(F)ccc3n2C(=O)c2ccccc2)C1. The summed E-state index contributed by atoms with van der Waals surface area (Å²) in [5.41, 5.74) is 3.89. The van der Waals surface area contributed by atoms with Crippen LogP contribution in [0.3, 0.4) is 0 Å².